The minimum absolute atomic E-state index is 0.172. The van der Waals surface area contributed by atoms with E-state index in [-0.39, 0.29) is 11.7 Å². The van der Waals surface area contributed by atoms with Gasteiger partial charge in [0.1, 0.15) is 5.75 Å². The van der Waals surface area contributed by atoms with E-state index in [1.54, 1.807) is 0 Å². The van der Waals surface area contributed by atoms with Crippen molar-refractivity contribution in [2.75, 3.05) is 13.7 Å². The van der Waals surface area contributed by atoms with Gasteiger partial charge in [0.2, 0.25) is 0 Å². The number of ether oxygens (including phenoxy) is 1. The molecule has 2 aliphatic heterocycles. The molecule has 0 aliphatic carbocycles. The van der Waals surface area contributed by atoms with Crippen LogP contribution in [-0.4, -0.2) is 36.4 Å². The maximum Gasteiger partial charge on any atom is 0.169 e. The Morgan fingerprint density at radius 2 is 1.90 bits per heavy atom. The van der Waals surface area contributed by atoms with Gasteiger partial charge in [0.05, 0.1) is 12.2 Å². The molecule has 2 heterocycles. The van der Waals surface area contributed by atoms with E-state index < -0.39 is 0 Å². The van der Waals surface area contributed by atoms with Crippen LogP contribution in [0, 0.1) is 5.92 Å². The van der Waals surface area contributed by atoms with Crippen molar-refractivity contribution < 1.29 is 9.53 Å². The van der Waals surface area contributed by atoms with E-state index in [1.165, 1.54) is 12.8 Å². The summed E-state index contributed by atoms with van der Waals surface area (Å²) < 4.78 is 5.61. The molecular formula is C17H23NO2. The third-order valence-corrected chi connectivity index (χ3v) is 4.92. The number of Topliss-reactive ketones (excluding diaryl/α,β-unsaturated/α-hetero) is 1. The molecule has 0 amide bonds. The van der Waals surface area contributed by atoms with Gasteiger partial charge in [0.15, 0.2) is 5.78 Å². The minimum Gasteiger partial charge on any atom is -0.493 e. The van der Waals surface area contributed by atoms with Crippen molar-refractivity contribution in [2.45, 2.75) is 44.7 Å². The standard InChI is InChI=1S/C17H23NO2/c1-3-20-16-7-5-4-6-15(16)17(19)12-10-13-8-9-14(11-12)18(13)2/h4-7,12-14H,3,8-11H2,1-2H3. The van der Waals surface area contributed by atoms with Gasteiger partial charge in [0, 0.05) is 18.0 Å². The van der Waals surface area contributed by atoms with Crippen LogP contribution in [0.3, 0.4) is 0 Å². The number of nitrogens with zero attached hydrogens (tertiary/aromatic N) is 1. The lowest BCUT2D eigenvalue weighted by atomic mass is 9.85. The maximum absolute atomic E-state index is 12.8. The predicted octanol–water partition coefficient (Wildman–Crippen LogP) is 3.14. The first-order valence-electron chi connectivity index (χ1n) is 7.68. The highest BCUT2D eigenvalue weighted by Gasteiger charge is 2.41. The second-order valence-corrected chi connectivity index (χ2v) is 6.01. The van der Waals surface area contributed by atoms with Crippen LogP contribution in [0.4, 0.5) is 0 Å². The third kappa shape index (κ3) is 2.35. The third-order valence-electron chi connectivity index (χ3n) is 4.92. The predicted molar refractivity (Wildman–Crippen MR) is 79.2 cm³/mol. The Labute approximate surface area is 120 Å². The number of carbonyl (C=O) groups is 1. The van der Waals surface area contributed by atoms with Gasteiger partial charge in [-0.2, -0.15) is 0 Å². The Kier molecular flexibility index (Phi) is 3.79. The molecule has 2 fully saturated rings. The molecule has 3 nitrogen and oxygen atoms in total. The van der Waals surface area contributed by atoms with Gasteiger partial charge in [-0.3, -0.25) is 4.79 Å². The van der Waals surface area contributed by atoms with Crippen LogP contribution in [0.5, 0.6) is 5.75 Å². The zero-order valence-corrected chi connectivity index (χ0v) is 12.3. The SMILES string of the molecule is CCOc1ccccc1C(=O)C1CC2CCC(C1)N2C. The summed E-state index contributed by atoms with van der Waals surface area (Å²) >= 11 is 0. The number of ketones is 1. The minimum atomic E-state index is 0.172. The quantitative estimate of drug-likeness (QED) is 0.789. The molecule has 108 valence electrons. The molecule has 0 N–H and O–H groups in total. The van der Waals surface area contributed by atoms with Crippen molar-refractivity contribution in [3.05, 3.63) is 29.8 Å². The topological polar surface area (TPSA) is 29.5 Å². The highest BCUT2D eigenvalue weighted by molar-refractivity contribution is 6.00. The van der Waals surface area contributed by atoms with Gasteiger partial charge in [-0.15, -0.1) is 0 Å². The van der Waals surface area contributed by atoms with Gasteiger partial charge in [0.25, 0.3) is 0 Å². The highest BCUT2D eigenvalue weighted by Crippen LogP contribution is 2.39. The monoisotopic (exact) mass is 273 g/mol. The van der Waals surface area contributed by atoms with E-state index >= 15 is 0 Å². The molecule has 2 aliphatic rings. The first-order chi connectivity index (χ1) is 9.70. The number of fused-ring (bicyclic) bond motifs is 2. The second-order valence-electron chi connectivity index (χ2n) is 6.01. The van der Waals surface area contributed by atoms with Crippen LogP contribution in [0.15, 0.2) is 24.3 Å². The molecule has 2 saturated heterocycles. The summed E-state index contributed by atoms with van der Waals surface area (Å²) in [7, 11) is 2.21. The van der Waals surface area contributed by atoms with Crippen molar-refractivity contribution in [1.82, 2.24) is 4.90 Å². The van der Waals surface area contributed by atoms with E-state index in [4.69, 9.17) is 4.74 Å². The van der Waals surface area contributed by atoms with E-state index in [1.807, 2.05) is 31.2 Å². The largest absolute Gasteiger partial charge is 0.493 e. The molecule has 3 rings (SSSR count). The molecule has 0 saturated carbocycles. The maximum atomic E-state index is 12.8. The number of rotatable bonds is 4. The summed E-state index contributed by atoms with van der Waals surface area (Å²) in [6.07, 6.45) is 4.51. The second kappa shape index (κ2) is 5.57. The number of benzene rings is 1. The molecular weight excluding hydrogens is 250 g/mol. The number of piperidine rings is 1. The Morgan fingerprint density at radius 3 is 2.55 bits per heavy atom. The summed E-state index contributed by atoms with van der Waals surface area (Å²) in [5.74, 6) is 1.19. The highest BCUT2D eigenvalue weighted by atomic mass is 16.5. The molecule has 20 heavy (non-hydrogen) atoms. The molecule has 3 heteroatoms. The van der Waals surface area contributed by atoms with Gasteiger partial charge >= 0.3 is 0 Å². The zero-order valence-electron chi connectivity index (χ0n) is 12.3. The fourth-order valence-corrected chi connectivity index (χ4v) is 3.80. The average Bonchev–Trinajstić information content (AvgIpc) is 2.68. The smallest absolute Gasteiger partial charge is 0.169 e. The Balaban J connectivity index is 1.80. The fraction of sp³-hybridized carbons (Fsp3) is 0.588. The van der Waals surface area contributed by atoms with Crippen LogP contribution >= 0.6 is 0 Å². The lowest BCUT2D eigenvalue weighted by molar-refractivity contribution is 0.0763. The normalized spacial score (nSPS) is 29.4. The van der Waals surface area contributed by atoms with Crippen molar-refractivity contribution in [3.63, 3.8) is 0 Å². The van der Waals surface area contributed by atoms with Gasteiger partial charge < -0.3 is 9.64 Å². The number of hydrogen-bond acceptors (Lipinski definition) is 3. The summed E-state index contributed by atoms with van der Waals surface area (Å²) in [6, 6.07) is 8.87. The van der Waals surface area contributed by atoms with Crippen LogP contribution in [-0.2, 0) is 0 Å². The van der Waals surface area contributed by atoms with Crippen molar-refractivity contribution in [3.8, 4) is 5.75 Å². The Bertz CT molecular complexity index is 486. The Morgan fingerprint density at radius 1 is 1.25 bits per heavy atom. The average molecular weight is 273 g/mol. The molecule has 0 radical (unpaired) electrons. The first kappa shape index (κ1) is 13.6. The number of para-hydroxylation sites is 1. The summed E-state index contributed by atoms with van der Waals surface area (Å²) in [6.45, 7) is 2.56. The van der Waals surface area contributed by atoms with E-state index in [9.17, 15) is 4.79 Å². The van der Waals surface area contributed by atoms with E-state index in [2.05, 4.69) is 11.9 Å². The molecule has 1 aromatic rings. The molecule has 2 atom stereocenters. The van der Waals surface area contributed by atoms with Crippen LogP contribution < -0.4 is 4.74 Å². The Hall–Kier alpha value is -1.35. The fourth-order valence-electron chi connectivity index (χ4n) is 3.80. The van der Waals surface area contributed by atoms with Crippen LogP contribution in [0.1, 0.15) is 43.0 Å². The summed E-state index contributed by atoms with van der Waals surface area (Å²) in [5, 5.41) is 0. The van der Waals surface area contributed by atoms with Gasteiger partial charge in [-0.25, -0.2) is 0 Å². The molecule has 2 bridgehead atoms. The van der Waals surface area contributed by atoms with Crippen LogP contribution in [0.2, 0.25) is 0 Å². The molecule has 0 aromatic heterocycles. The van der Waals surface area contributed by atoms with Crippen molar-refractivity contribution in [1.29, 1.82) is 0 Å². The zero-order chi connectivity index (χ0) is 14.1. The number of hydrogen-bond donors (Lipinski definition) is 0. The lowest BCUT2D eigenvalue weighted by Crippen LogP contribution is -2.42. The molecule has 1 aromatic carbocycles. The van der Waals surface area contributed by atoms with Crippen molar-refractivity contribution in [2.24, 2.45) is 5.92 Å². The molecule has 0 spiro atoms. The van der Waals surface area contributed by atoms with Crippen LogP contribution in [0.25, 0.3) is 0 Å². The lowest BCUT2D eigenvalue weighted by Gasteiger charge is -2.35. The molecule has 2 unspecified atom stereocenters. The van der Waals surface area contributed by atoms with Gasteiger partial charge in [-0.05, 0) is 51.8 Å². The van der Waals surface area contributed by atoms with E-state index in [0.717, 1.165) is 24.2 Å². The van der Waals surface area contributed by atoms with Crippen molar-refractivity contribution >= 4 is 5.78 Å². The summed E-state index contributed by atoms with van der Waals surface area (Å²) in [4.78, 5) is 15.3. The summed E-state index contributed by atoms with van der Waals surface area (Å²) in [5.41, 5.74) is 0.767. The first-order valence-corrected chi connectivity index (χ1v) is 7.68. The van der Waals surface area contributed by atoms with E-state index in [0.29, 0.717) is 18.7 Å². The number of carbonyl (C=O) groups excluding carboxylic acids is 1. The van der Waals surface area contributed by atoms with Gasteiger partial charge in [-0.1, -0.05) is 12.1 Å².